The maximum absolute atomic E-state index is 13.3. The molecule has 184 valence electrons. The number of halogens is 1. The van der Waals surface area contributed by atoms with Gasteiger partial charge in [-0.3, -0.25) is 14.9 Å². The van der Waals surface area contributed by atoms with Gasteiger partial charge in [0.05, 0.1) is 22.0 Å². The van der Waals surface area contributed by atoms with Crippen LogP contribution in [0.3, 0.4) is 0 Å². The number of fused-ring (bicyclic) bond motifs is 1. The number of nitrogens with zero attached hydrogens (tertiary/aromatic N) is 6. The van der Waals surface area contributed by atoms with Gasteiger partial charge in [-0.15, -0.1) is 0 Å². The number of benzene rings is 2. The number of pyridine rings is 1. The molecule has 2 heterocycles. The molecule has 0 aliphatic carbocycles. The molecule has 36 heavy (non-hydrogen) atoms. The van der Waals surface area contributed by atoms with Crippen LogP contribution in [0.15, 0.2) is 69.1 Å². The van der Waals surface area contributed by atoms with E-state index in [1.807, 2.05) is 51.0 Å². The third-order valence-electron chi connectivity index (χ3n) is 5.32. The maximum atomic E-state index is 13.3. The Balaban J connectivity index is 1.79. The largest absolute Gasteiger partial charge is 0.438 e. The van der Waals surface area contributed by atoms with E-state index in [1.54, 1.807) is 18.2 Å². The second-order valence-corrected chi connectivity index (χ2v) is 9.39. The van der Waals surface area contributed by atoms with Gasteiger partial charge in [-0.2, -0.15) is 9.78 Å². The van der Waals surface area contributed by atoms with Crippen molar-refractivity contribution in [1.82, 2.24) is 14.6 Å². The highest BCUT2D eigenvalue weighted by molar-refractivity contribution is 9.10. The highest BCUT2D eigenvalue weighted by atomic mass is 79.9. The monoisotopic (exact) mass is 550 g/mol. The highest BCUT2D eigenvalue weighted by Gasteiger charge is 2.15. The zero-order valence-corrected chi connectivity index (χ0v) is 21.6. The second kappa shape index (κ2) is 10.2. The van der Waals surface area contributed by atoms with Crippen LogP contribution >= 0.6 is 15.9 Å². The first-order chi connectivity index (χ1) is 17.1. The average molecular weight is 551 g/mol. The van der Waals surface area contributed by atoms with Crippen molar-refractivity contribution in [3.05, 3.63) is 91.1 Å². The van der Waals surface area contributed by atoms with Crippen LogP contribution in [0.1, 0.15) is 31.2 Å². The number of nitro groups is 1. The molecule has 0 aliphatic rings. The fourth-order valence-electron chi connectivity index (χ4n) is 3.42. The van der Waals surface area contributed by atoms with E-state index in [-0.39, 0.29) is 23.0 Å². The molecule has 0 aliphatic heterocycles. The van der Waals surface area contributed by atoms with Crippen molar-refractivity contribution in [1.29, 1.82) is 0 Å². The normalized spacial score (nSPS) is 11.4. The summed E-state index contributed by atoms with van der Waals surface area (Å²) in [7, 11) is 3.79. The molecule has 0 amide bonds. The molecule has 11 heteroatoms. The molecule has 10 nitrogen and oxygen atoms in total. The van der Waals surface area contributed by atoms with Gasteiger partial charge in [0.15, 0.2) is 0 Å². The van der Waals surface area contributed by atoms with Crippen molar-refractivity contribution in [2.75, 3.05) is 19.0 Å². The third kappa shape index (κ3) is 5.25. The third-order valence-corrected chi connectivity index (χ3v) is 5.81. The molecule has 0 atom stereocenters. The quantitative estimate of drug-likeness (QED) is 0.173. The van der Waals surface area contributed by atoms with Crippen LogP contribution in [-0.4, -0.2) is 39.9 Å². The van der Waals surface area contributed by atoms with Crippen molar-refractivity contribution < 1.29 is 9.66 Å². The molecule has 0 unspecified atom stereocenters. The average Bonchev–Trinajstić information content (AvgIpc) is 2.84. The van der Waals surface area contributed by atoms with E-state index in [0.29, 0.717) is 28.0 Å². The van der Waals surface area contributed by atoms with Gasteiger partial charge in [0.2, 0.25) is 5.88 Å². The summed E-state index contributed by atoms with van der Waals surface area (Å²) < 4.78 is 8.03. The zero-order valence-electron chi connectivity index (χ0n) is 20.0. The summed E-state index contributed by atoms with van der Waals surface area (Å²) in [4.78, 5) is 34.3. The second-order valence-electron chi connectivity index (χ2n) is 8.48. The van der Waals surface area contributed by atoms with Crippen LogP contribution in [0.4, 0.5) is 11.4 Å². The van der Waals surface area contributed by atoms with Crippen molar-refractivity contribution in [3.63, 3.8) is 0 Å². The van der Waals surface area contributed by atoms with Crippen molar-refractivity contribution in [3.8, 4) is 11.6 Å². The first kappa shape index (κ1) is 25.0. The van der Waals surface area contributed by atoms with Gasteiger partial charge < -0.3 is 9.64 Å². The van der Waals surface area contributed by atoms with Gasteiger partial charge in [-0.05, 0) is 30.3 Å². The van der Waals surface area contributed by atoms with Crippen LogP contribution in [-0.2, 0) is 0 Å². The minimum atomic E-state index is -0.526. The molecule has 2 aromatic carbocycles. The van der Waals surface area contributed by atoms with Crippen molar-refractivity contribution >= 4 is 44.4 Å². The number of rotatable bonds is 7. The zero-order chi connectivity index (χ0) is 26.0. The Hall–Kier alpha value is -4.12. The van der Waals surface area contributed by atoms with Gasteiger partial charge >= 0.3 is 0 Å². The van der Waals surface area contributed by atoms with E-state index < -0.39 is 4.92 Å². The van der Waals surface area contributed by atoms with Gasteiger partial charge in [0.1, 0.15) is 17.8 Å². The van der Waals surface area contributed by atoms with Crippen LogP contribution in [0, 0.1) is 10.1 Å². The molecule has 0 spiro atoms. The van der Waals surface area contributed by atoms with Gasteiger partial charge in [0, 0.05) is 53.9 Å². The van der Waals surface area contributed by atoms with E-state index in [1.165, 1.54) is 23.0 Å². The summed E-state index contributed by atoms with van der Waals surface area (Å²) in [6.45, 7) is 3.89. The number of hydrogen-bond acceptors (Lipinski definition) is 8. The standard InChI is InChI=1S/C25H23BrN6O4/c1-15(2)24-29-21-9-6-17(26)11-20(21)25(33)31(24)28-13-16-5-7-18(30(3)4)12-22(16)36-23-10-8-19(14-27-23)32(34)35/h5-15H,1-4H3. The van der Waals surface area contributed by atoms with Crippen molar-refractivity contribution in [2.45, 2.75) is 19.8 Å². The van der Waals surface area contributed by atoms with E-state index in [0.717, 1.165) is 16.4 Å². The van der Waals surface area contributed by atoms with E-state index in [4.69, 9.17) is 4.74 Å². The van der Waals surface area contributed by atoms with Crippen LogP contribution in [0.25, 0.3) is 10.9 Å². The summed E-state index contributed by atoms with van der Waals surface area (Å²) in [5.41, 5.74) is 1.62. The van der Waals surface area contributed by atoms with E-state index >= 15 is 0 Å². The summed E-state index contributed by atoms with van der Waals surface area (Å²) >= 11 is 3.41. The fraction of sp³-hybridized carbons (Fsp3) is 0.200. The number of anilines is 1. The fourth-order valence-corrected chi connectivity index (χ4v) is 3.78. The molecular weight excluding hydrogens is 528 g/mol. The first-order valence-electron chi connectivity index (χ1n) is 11.0. The van der Waals surface area contributed by atoms with E-state index in [9.17, 15) is 14.9 Å². The summed E-state index contributed by atoms with van der Waals surface area (Å²) in [6.07, 6.45) is 2.66. The van der Waals surface area contributed by atoms with Crippen LogP contribution in [0.5, 0.6) is 11.6 Å². The summed E-state index contributed by atoms with van der Waals surface area (Å²) in [5, 5.41) is 15.9. The molecule has 0 N–H and O–H groups in total. The number of hydrogen-bond donors (Lipinski definition) is 0. The molecule has 2 aromatic heterocycles. The Kier molecular flexibility index (Phi) is 7.11. The molecule has 0 fully saturated rings. The van der Waals surface area contributed by atoms with Crippen molar-refractivity contribution in [2.24, 2.45) is 5.10 Å². The molecule has 0 saturated carbocycles. The minimum absolute atomic E-state index is 0.0564. The maximum Gasteiger partial charge on any atom is 0.287 e. The lowest BCUT2D eigenvalue weighted by Gasteiger charge is -2.16. The molecule has 0 radical (unpaired) electrons. The summed E-state index contributed by atoms with van der Waals surface area (Å²) in [5.74, 6) is 1.07. The lowest BCUT2D eigenvalue weighted by atomic mass is 10.1. The topological polar surface area (TPSA) is 116 Å². The predicted octanol–water partition coefficient (Wildman–Crippen LogP) is 5.33. The lowest BCUT2D eigenvalue weighted by molar-refractivity contribution is -0.385. The first-order valence-corrected chi connectivity index (χ1v) is 11.8. The Labute approximate surface area is 215 Å². The highest BCUT2D eigenvalue weighted by Crippen LogP contribution is 2.29. The molecular formula is C25H23BrN6O4. The SMILES string of the molecule is CC(C)c1nc2ccc(Br)cc2c(=O)n1N=Cc1ccc(N(C)C)cc1Oc1ccc([N+](=O)[O-])cn1. The number of aromatic nitrogens is 3. The summed E-state index contributed by atoms with van der Waals surface area (Å²) in [6, 6.07) is 13.6. The van der Waals surface area contributed by atoms with Gasteiger partial charge in [-0.25, -0.2) is 9.97 Å². The minimum Gasteiger partial charge on any atom is -0.438 e. The van der Waals surface area contributed by atoms with E-state index in [2.05, 4.69) is 31.0 Å². The lowest BCUT2D eigenvalue weighted by Crippen LogP contribution is -2.23. The Bertz CT molecular complexity index is 1530. The molecule has 0 saturated heterocycles. The molecule has 0 bridgehead atoms. The Morgan fingerprint density at radius 2 is 1.94 bits per heavy atom. The van der Waals surface area contributed by atoms with Gasteiger partial charge in [0.25, 0.3) is 11.2 Å². The van der Waals surface area contributed by atoms with Crippen LogP contribution < -0.4 is 15.2 Å². The molecule has 4 rings (SSSR count). The Morgan fingerprint density at radius 3 is 2.58 bits per heavy atom. The van der Waals surface area contributed by atoms with Crippen LogP contribution in [0.2, 0.25) is 0 Å². The molecule has 4 aromatic rings. The number of ether oxygens (including phenoxy) is 1. The predicted molar refractivity (Wildman–Crippen MR) is 143 cm³/mol. The van der Waals surface area contributed by atoms with Gasteiger partial charge in [-0.1, -0.05) is 29.8 Å². The smallest absolute Gasteiger partial charge is 0.287 e. The Morgan fingerprint density at radius 1 is 1.17 bits per heavy atom.